The fourth-order valence-corrected chi connectivity index (χ4v) is 3.47. The summed E-state index contributed by atoms with van der Waals surface area (Å²) in [5.41, 5.74) is 3.55. The van der Waals surface area contributed by atoms with Gasteiger partial charge in [0.05, 0.1) is 18.8 Å². The SMILES string of the molecule is Cc1nn(CCO)c(C)c1CNC(C)CCC1CCCC1. The molecule has 4 nitrogen and oxygen atoms in total. The van der Waals surface area contributed by atoms with Gasteiger partial charge in [-0.2, -0.15) is 5.10 Å². The Hall–Kier alpha value is -0.870. The van der Waals surface area contributed by atoms with Crippen LogP contribution in [0.1, 0.15) is 62.4 Å². The number of nitrogens with zero attached hydrogens (tertiary/aromatic N) is 2. The van der Waals surface area contributed by atoms with Crippen LogP contribution >= 0.6 is 0 Å². The molecule has 0 bridgehead atoms. The molecule has 120 valence electrons. The number of aromatic nitrogens is 2. The molecule has 1 aromatic rings. The van der Waals surface area contributed by atoms with Crippen LogP contribution in [0.5, 0.6) is 0 Å². The van der Waals surface area contributed by atoms with Crippen molar-refractivity contribution in [1.29, 1.82) is 0 Å². The minimum absolute atomic E-state index is 0.145. The monoisotopic (exact) mass is 293 g/mol. The highest BCUT2D eigenvalue weighted by molar-refractivity contribution is 5.24. The summed E-state index contributed by atoms with van der Waals surface area (Å²) in [6.45, 7) is 8.06. The van der Waals surface area contributed by atoms with E-state index >= 15 is 0 Å². The van der Waals surface area contributed by atoms with E-state index in [9.17, 15) is 0 Å². The van der Waals surface area contributed by atoms with Gasteiger partial charge in [-0.15, -0.1) is 0 Å². The molecule has 0 aliphatic heterocycles. The molecular weight excluding hydrogens is 262 g/mol. The molecule has 1 atom stereocenters. The van der Waals surface area contributed by atoms with Crippen LogP contribution in [0.25, 0.3) is 0 Å². The molecule has 1 fully saturated rings. The Morgan fingerprint density at radius 2 is 2.05 bits per heavy atom. The summed E-state index contributed by atoms with van der Waals surface area (Å²) in [5, 5.41) is 17.2. The van der Waals surface area contributed by atoms with E-state index in [-0.39, 0.29) is 6.61 Å². The van der Waals surface area contributed by atoms with Gasteiger partial charge in [0.25, 0.3) is 0 Å². The van der Waals surface area contributed by atoms with Gasteiger partial charge in [0, 0.05) is 23.8 Å². The van der Waals surface area contributed by atoms with Gasteiger partial charge in [-0.3, -0.25) is 4.68 Å². The van der Waals surface area contributed by atoms with Crippen molar-refractivity contribution in [2.45, 2.75) is 78.4 Å². The summed E-state index contributed by atoms with van der Waals surface area (Å²) in [4.78, 5) is 0. The summed E-state index contributed by atoms with van der Waals surface area (Å²) >= 11 is 0. The third kappa shape index (κ3) is 4.55. The van der Waals surface area contributed by atoms with Crippen molar-refractivity contribution in [3.8, 4) is 0 Å². The Bertz CT molecular complexity index is 435. The smallest absolute Gasteiger partial charge is 0.0644 e. The molecule has 1 aliphatic carbocycles. The van der Waals surface area contributed by atoms with Gasteiger partial charge in [0.2, 0.25) is 0 Å². The zero-order valence-corrected chi connectivity index (χ0v) is 13.9. The van der Waals surface area contributed by atoms with E-state index < -0.39 is 0 Å². The molecule has 1 aromatic heterocycles. The highest BCUT2D eigenvalue weighted by atomic mass is 16.3. The maximum atomic E-state index is 9.06. The molecule has 21 heavy (non-hydrogen) atoms. The Labute approximate surface area is 128 Å². The molecule has 1 aliphatic rings. The fraction of sp³-hybridized carbons (Fsp3) is 0.824. The topological polar surface area (TPSA) is 50.1 Å². The van der Waals surface area contributed by atoms with Crippen molar-refractivity contribution >= 4 is 0 Å². The summed E-state index contributed by atoms with van der Waals surface area (Å²) in [5.74, 6) is 0.977. The first-order chi connectivity index (χ1) is 10.1. The lowest BCUT2D eigenvalue weighted by molar-refractivity contribution is 0.267. The second-order valence-electron chi connectivity index (χ2n) is 6.61. The lowest BCUT2D eigenvalue weighted by atomic mass is 9.99. The van der Waals surface area contributed by atoms with E-state index in [4.69, 9.17) is 5.11 Å². The van der Waals surface area contributed by atoms with Crippen molar-refractivity contribution in [1.82, 2.24) is 15.1 Å². The molecule has 2 N–H and O–H groups in total. The van der Waals surface area contributed by atoms with Crippen LogP contribution in [0, 0.1) is 19.8 Å². The second-order valence-corrected chi connectivity index (χ2v) is 6.61. The molecule has 0 saturated heterocycles. The van der Waals surface area contributed by atoms with E-state index in [2.05, 4.69) is 31.2 Å². The number of aryl methyl sites for hydroxylation is 1. The van der Waals surface area contributed by atoms with Crippen molar-refractivity contribution in [3.05, 3.63) is 17.0 Å². The molecule has 4 heteroatoms. The summed E-state index contributed by atoms with van der Waals surface area (Å²) in [6.07, 6.45) is 8.41. The normalized spacial score (nSPS) is 17.5. The minimum Gasteiger partial charge on any atom is -0.394 e. The van der Waals surface area contributed by atoms with E-state index in [1.807, 2.05) is 4.68 Å². The first-order valence-corrected chi connectivity index (χ1v) is 8.49. The molecular formula is C17H31N3O. The lowest BCUT2D eigenvalue weighted by Gasteiger charge is -2.16. The van der Waals surface area contributed by atoms with Crippen molar-refractivity contribution in [2.24, 2.45) is 5.92 Å². The number of aliphatic hydroxyl groups excluding tert-OH is 1. The molecule has 1 saturated carbocycles. The van der Waals surface area contributed by atoms with Crippen molar-refractivity contribution in [3.63, 3.8) is 0 Å². The largest absolute Gasteiger partial charge is 0.394 e. The number of hydrogen-bond donors (Lipinski definition) is 2. The Balaban J connectivity index is 1.78. The second kappa shape index (κ2) is 7.95. The molecule has 0 spiro atoms. The van der Waals surface area contributed by atoms with Gasteiger partial charge in [-0.25, -0.2) is 0 Å². The van der Waals surface area contributed by atoms with Gasteiger partial charge in [0.1, 0.15) is 0 Å². The van der Waals surface area contributed by atoms with E-state index in [0.29, 0.717) is 12.6 Å². The number of hydrogen-bond acceptors (Lipinski definition) is 3. The molecule has 0 aromatic carbocycles. The average Bonchev–Trinajstić information content (AvgIpc) is 3.05. The van der Waals surface area contributed by atoms with Crippen LogP contribution in [-0.2, 0) is 13.1 Å². The average molecular weight is 293 g/mol. The summed E-state index contributed by atoms with van der Waals surface area (Å²) < 4.78 is 1.91. The first-order valence-electron chi connectivity index (χ1n) is 8.49. The van der Waals surface area contributed by atoms with E-state index in [0.717, 1.165) is 18.2 Å². The van der Waals surface area contributed by atoms with Gasteiger partial charge < -0.3 is 10.4 Å². The first kappa shape index (κ1) is 16.5. The number of nitrogens with one attached hydrogen (secondary N) is 1. The van der Waals surface area contributed by atoms with Crippen LogP contribution in [0.3, 0.4) is 0 Å². The van der Waals surface area contributed by atoms with Crippen LogP contribution in [0.2, 0.25) is 0 Å². The quantitative estimate of drug-likeness (QED) is 0.775. The van der Waals surface area contributed by atoms with E-state index in [1.165, 1.54) is 49.8 Å². The van der Waals surface area contributed by atoms with Crippen molar-refractivity contribution < 1.29 is 5.11 Å². The zero-order valence-electron chi connectivity index (χ0n) is 13.9. The predicted octanol–water partition coefficient (Wildman–Crippen LogP) is 2.94. The Morgan fingerprint density at radius 3 is 2.71 bits per heavy atom. The minimum atomic E-state index is 0.145. The standard InChI is InChI=1S/C17H31N3O/c1-13(8-9-16-6-4-5-7-16)18-12-17-14(2)19-20(10-11-21)15(17)3/h13,16,18,21H,4-12H2,1-3H3. The van der Waals surface area contributed by atoms with Gasteiger partial charge in [0.15, 0.2) is 0 Å². The number of aliphatic hydroxyl groups is 1. The van der Waals surface area contributed by atoms with Crippen molar-refractivity contribution in [2.75, 3.05) is 6.61 Å². The summed E-state index contributed by atoms with van der Waals surface area (Å²) in [6, 6.07) is 0.561. The van der Waals surface area contributed by atoms with Gasteiger partial charge >= 0.3 is 0 Å². The highest BCUT2D eigenvalue weighted by Gasteiger charge is 2.16. The predicted molar refractivity (Wildman–Crippen MR) is 86.3 cm³/mol. The Kier molecular flexibility index (Phi) is 6.24. The van der Waals surface area contributed by atoms with E-state index in [1.54, 1.807) is 0 Å². The highest BCUT2D eigenvalue weighted by Crippen LogP contribution is 2.28. The maximum absolute atomic E-state index is 9.06. The fourth-order valence-electron chi connectivity index (χ4n) is 3.47. The lowest BCUT2D eigenvalue weighted by Crippen LogP contribution is -2.26. The van der Waals surface area contributed by atoms with Crippen LogP contribution in [-0.4, -0.2) is 27.5 Å². The molecule has 1 heterocycles. The molecule has 1 unspecified atom stereocenters. The van der Waals surface area contributed by atoms with Crippen LogP contribution in [0.4, 0.5) is 0 Å². The summed E-state index contributed by atoms with van der Waals surface area (Å²) in [7, 11) is 0. The zero-order chi connectivity index (χ0) is 15.2. The Morgan fingerprint density at radius 1 is 1.33 bits per heavy atom. The van der Waals surface area contributed by atoms with Gasteiger partial charge in [-0.05, 0) is 39.5 Å². The maximum Gasteiger partial charge on any atom is 0.0644 e. The van der Waals surface area contributed by atoms with Gasteiger partial charge in [-0.1, -0.05) is 25.7 Å². The molecule has 2 rings (SSSR count). The van der Waals surface area contributed by atoms with Crippen LogP contribution in [0.15, 0.2) is 0 Å². The third-order valence-electron chi connectivity index (χ3n) is 4.95. The van der Waals surface area contributed by atoms with Crippen LogP contribution < -0.4 is 5.32 Å². The third-order valence-corrected chi connectivity index (χ3v) is 4.95. The molecule has 0 amide bonds. The number of rotatable bonds is 8. The molecule has 0 radical (unpaired) electrons.